The highest BCUT2D eigenvalue weighted by molar-refractivity contribution is 5.94. The third-order valence-electron chi connectivity index (χ3n) is 6.93. The molecular weight excluding hydrogens is 528 g/mol. The standard InChI is InChI=1S/C25H26N2O3.C10H14O2/c1-6-17-14-23(21(7-2)26-5)30-24-19(12-15(3)13-20(17)24)16(4)27-22-11-9-8-10-18(22)25(28)29;1-4-8-5-6-9(11-2)10(7-8)12-3/h6-14,16,27H,5H2,1-4H3,(H,28,29);5-7H,4H2,1-3H3/b17-6?,21-7-;. The number of methoxy groups -OCH3 is 2. The van der Waals surface area contributed by atoms with Gasteiger partial charge >= 0.3 is 5.97 Å². The van der Waals surface area contributed by atoms with E-state index >= 15 is 0 Å². The number of nitrogens with zero attached hydrogens (tertiary/aromatic N) is 1. The molecule has 7 nitrogen and oxygen atoms in total. The number of fused-ring (bicyclic) bond motifs is 1. The molecule has 3 aromatic rings. The van der Waals surface area contributed by atoms with Crippen LogP contribution in [0, 0.1) is 6.92 Å². The van der Waals surface area contributed by atoms with E-state index in [2.05, 4.69) is 36.1 Å². The smallest absolute Gasteiger partial charge is 0.337 e. The molecule has 1 aliphatic rings. The lowest BCUT2D eigenvalue weighted by Gasteiger charge is -2.27. The van der Waals surface area contributed by atoms with Crippen molar-refractivity contribution in [2.24, 2.45) is 4.99 Å². The van der Waals surface area contributed by atoms with Gasteiger partial charge in [-0.05, 0) is 93.9 Å². The molecule has 3 aromatic carbocycles. The first-order chi connectivity index (χ1) is 20.2. The lowest BCUT2D eigenvalue weighted by Crippen LogP contribution is -2.15. The van der Waals surface area contributed by atoms with E-state index in [-0.39, 0.29) is 11.6 Å². The first-order valence-corrected chi connectivity index (χ1v) is 13.8. The summed E-state index contributed by atoms with van der Waals surface area (Å²) in [7, 11) is 3.29. The van der Waals surface area contributed by atoms with Crippen LogP contribution in [-0.4, -0.2) is 32.0 Å². The molecule has 0 radical (unpaired) electrons. The van der Waals surface area contributed by atoms with Gasteiger partial charge in [-0.3, -0.25) is 4.99 Å². The van der Waals surface area contributed by atoms with Gasteiger partial charge < -0.3 is 24.6 Å². The van der Waals surface area contributed by atoms with Crippen LogP contribution in [0.5, 0.6) is 17.2 Å². The van der Waals surface area contributed by atoms with Crippen LogP contribution in [0.4, 0.5) is 5.69 Å². The predicted molar refractivity (Wildman–Crippen MR) is 171 cm³/mol. The number of carboxylic acids is 1. The van der Waals surface area contributed by atoms with Crippen LogP contribution in [0.2, 0.25) is 0 Å². The van der Waals surface area contributed by atoms with Gasteiger partial charge in [0.15, 0.2) is 17.3 Å². The summed E-state index contributed by atoms with van der Waals surface area (Å²) in [6.07, 6.45) is 6.88. The summed E-state index contributed by atoms with van der Waals surface area (Å²) in [5.74, 6) is 1.99. The number of ether oxygens (including phenoxy) is 3. The molecule has 1 atom stereocenters. The number of aromatic carboxylic acids is 1. The zero-order valence-electron chi connectivity index (χ0n) is 25.4. The fraction of sp³-hybridized carbons (Fsp3) is 0.257. The lowest BCUT2D eigenvalue weighted by atomic mass is 9.93. The van der Waals surface area contributed by atoms with E-state index in [0.29, 0.717) is 17.1 Å². The molecule has 2 N–H and O–H groups in total. The van der Waals surface area contributed by atoms with Crippen molar-refractivity contribution in [3.63, 3.8) is 0 Å². The zero-order valence-corrected chi connectivity index (χ0v) is 25.4. The number of aliphatic imine (C=N–C) groups is 1. The van der Waals surface area contributed by atoms with Crippen LogP contribution in [0.3, 0.4) is 0 Å². The molecule has 0 saturated heterocycles. The molecule has 1 unspecified atom stereocenters. The third kappa shape index (κ3) is 7.29. The minimum atomic E-state index is -0.968. The number of anilines is 1. The molecule has 0 fully saturated rings. The Kier molecular flexibility index (Phi) is 11.1. The van der Waals surface area contributed by atoms with Crippen molar-refractivity contribution in [3.05, 3.63) is 112 Å². The van der Waals surface area contributed by atoms with E-state index in [1.807, 2.05) is 70.2 Å². The van der Waals surface area contributed by atoms with Crippen molar-refractivity contribution in [2.45, 2.75) is 47.1 Å². The number of rotatable bonds is 9. The second-order valence-corrected chi connectivity index (χ2v) is 9.68. The Labute approximate surface area is 248 Å². The maximum Gasteiger partial charge on any atom is 0.337 e. The fourth-order valence-corrected chi connectivity index (χ4v) is 4.69. The number of para-hydroxylation sites is 1. The predicted octanol–water partition coefficient (Wildman–Crippen LogP) is 8.42. The molecular formula is C35H40N2O5. The molecule has 7 heteroatoms. The summed E-state index contributed by atoms with van der Waals surface area (Å²) < 4.78 is 16.6. The first-order valence-electron chi connectivity index (χ1n) is 13.8. The summed E-state index contributed by atoms with van der Waals surface area (Å²) >= 11 is 0. The molecule has 0 bridgehead atoms. The van der Waals surface area contributed by atoms with Gasteiger partial charge in [0.05, 0.1) is 25.8 Å². The maximum absolute atomic E-state index is 11.6. The minimum absolute atomic E-state index is 0.192. The molecule has 0 spiro atoms. The number of carbonyl (C=O) groups is 1. The second kappa shape index (κ2) is 14.7. The van der Waals surface area contributed by atoms with E-state index in [1.165, 1.54) is 5.56 Å². The summed E-state index contributed by atoms with van der Waals surface area (Å²) in [6.45, 7) is 13.7. The van der Waals surface area contributed by atoms with Gasteiger partial charge in [-0.25, -0.2) is 4.79 Å². The Balaban J connectivity index is 0.000000337. The van der Waals surface area contributed by atoms with Gasteiger partial charge in [-0.15, -0.1) is 0 Å². The maximum atomic E-state index is 11.6. The van der Waals surface area contributed by atoms with Crippen LogP contribution in [-0.2, 0) is 6.42 Å². The van der Waals surface area contributed by atoms with Crippen LogP contribution in [0.1, 0.15) is 66.3 Å². The van der Waals surface area contributed by atoms with E-state index in [0.717, 1.165) is 45.9 Å². The Morgan fingerprint density at radius 3 is 2.40 bits per heavy atom. The van der Waals surface area contributed by atoms with Crippen LogP contribution in [0.15, 0.2) is 89.3 Å². The molecule has 0 saturated carbocycles. The van der Waals surface area contributed by atoms with Gasteiger partial charge in [-0.2, -0.15) is 0 Å². The molecule has 1 aliphatic heterocycles. The topological polar surface area (TPSA) is 89.4 Å². The van der Waals surface area contributed by atoms with Gasteiger partial charge in [0.1, 0.15) is 11.4 Å². The number of hydrogen-bond acceptors (Lipinski definition) is 6. The lowest BCUT2D eigenvalue weighted by molar-refractivity contribution is 0.0698. The minimum Gasteiger partial charge on any atom is -0.493 e. The van der Waals surface area contributed by atoms with Crippen molar-refractivity contribution < 1.29 is 24.1 Å². The van der Waals surface area contributed by atoms with E-state index in [1.54, 1.807) is 32.4 Å². The van der Waals surface area contributed by atoms with Crippen LogP contribution >= 0.6 is 0 Å². The van der Waals surface area contributed by atoms with Gasteiger partial charge in [0, 0.05) is 16.8 Å². The van der Waals surface area contributed by atoms with Crippen LogP contribution in [0.25, 0.3) is 5.57 Å². The largest absolute Gasteiger partial charge is 0.493 e. The number of hydrogen-bond donors (Lipinski definition) is 2. The Hall–Kier alpha value is -4.78. The monoisotopic (exact) mass is 568 g/mol. The van der Waals surface area contributed by atoms with Crippen LogP contribution < -0.4 is 19.5 Å². The van der Waals surface area contributed by atoms with Crippen molar-refractivity contribution in [2.75, 3.05) is 19.5 Å². The highest BCUT2D eigenvalue weighted by atomic mass is 16.5. The van der Waals surface area contributed by atoms with E-state index in [4.69, 9.17) is 14.2 Å². The number of benzene rings is 3. The molecule has 42 heavy (non-hydrogen) atoms. The van der Waals surface area contributed by atoms with Gasteiger partial charge in [-0.1, -0.05) is 43.3 Å². The second-order valence-electron chi connectivity index (χ2n) is 9.68. The highest BCUT2D eigenvalue weighted by Gasteiger charge is 2.25. The van der Waals surface area contributed by atoms with E-state index < -0.39 is 5.97 Å². The fourth-order valence-electron chi connectivity index (χ4n) is 4.69. The normalized spacial score (nSPS) is 13.9. The third-order valence-corrected chi connectivity index (χ3v) is 6.93. The Bertz CT molecular complexity index is 1530. The molecule has 0 amide bonds. The van der Waals surface area contributed by atoms with Crippen molar-refractivity contribution in [1.29, 1.82) is 0 Å². The van der Waals surface area contributed by atoms with Gasteiger partial charge in [0.2, 0.25) is 0 Å². The van der Waals surface area contributed by atoms with E-state index in [9.17, 15) is 9.90 Å². The molecule has 0 aromatic heterocycles. The van der Waals surface area contributed by atoms with Crippen molar-refractivity contribution in [3.8, 4) is 17.2 Å². The summed E-state index contributed by atoms with van der Waals surface area (Å²) in [5, 5.41) is 12.8. The van der Waals surface area contributed by atoms with Crippen molar-refractivity contribution >= 4 is 23.9 Å². The Morgan fingerprint density at radius 2 is 1.81 bits per heavy atom. The average Bonchev–Trinajstić information content (AvgIpc) is 3.01. The highest BCUT2D eigenvalue weighted by Crippen LogP contribution is 2.42. The SMILES string of the molecule is C=N/C(=C\C)C1=CC(=CC)c2cc(C)cc(C(C)Nc3ccccc3C(=O)O)c2O1.CCc1ccc(OC)c(OC)c1. The van der Waals surface area contributed by atoms with Gasteiger partial charge in [0.25, 0.3) is 0 Å². The number of carboxylic acid groups (broad SMARTS) is 1. The summed E-state index contributed by atoms with van der Waals surface area (Å²) in [4.78, 5) is 15.7. The molecule has 220 valence electrons. The quantitative estimate of drug-likeness (QED) is 0.252. The number of allylic oxidation sites excluding steroid dienone is 4. The summed E-state index contributed by atoms with van der Waals surface area (Å²) in [6, 6.07) is 16.8. The summed E-state index contributed by atoms with van der Waals surface area (Å²) in [5.41, 5.74) is 6.79. The molecule has 4 rings (SSSR count). The molecule has 1 heterocycles. The zero-order chi connectivity index (χ0) is 30.8. The van der Waals surface area contributed by atoms with Crippen molar-refractivity contribution in [1.82, 2.24) is 0 Å². The Morgan fingerprint density at radius 1 is 1.10 bits per heavy atom. The molecule has 0 aliphatic carbocycles. The first kappa shape index (κ1) is 31.7. The average molecular weight is 569 g/mol. The number of nitrogens with one attached hydrogen (secondary N) is 1. The number of aryl methyl sites for hydroxylation is 2.